The van der Waals surface area contributed by atoms with Crippen LogP contribution in [-0.4, -0.2) is 22.4 Å². The van der Waals surface area contributed by atoms with Crippen LogP contribution in [0.4, 0.5) is 10.5 Å². The molecule has 0 atom stereocenters. The summed E-state index contributed by atoms with van der Waals surface area (Å²) in [5, 5.41) is 2.39. The van der Waals surface area contributed by atoms with Crippen LogP contribution >= 0.6 is 34.8 Å². The molecule has 0 bridgehead atoms. The van der Waals surface area contributed by atoms with Crippen molar-refractivity contribution in [2.24, 2.45) is 5.73 Å². The van der Waals surface area contributed by atoms with E-state index in [9.17, 15) is 9.59 Å². The van der Waals surface area contributed by atoms with Gasteiger partial charge in [0.1, 0.15) is 6.61 Å². The average Bonchev–Trinajstić information content (AvgIpc) is 2.26. The Labute approximate surface area is 118 Å². The second kappa shape index (κ2) is 6.13. The predicted octanol–water partition coefficient (Wildman–Crippen LogP) is 2.70. The summed E-state index contributed by atoms with van der Waals surface area (Å²) in [5.41, 5.74) is 5.82. The van der Waals surface area contributed by atoms with Gasteiger partial charge in [-0.05, 0) is 24.3 Å². The fraction of sp³-hybridized carbons (Fsp3) is 0.200. The fourth-order valence-corrected chi connectivity index (χ4v) is 1.18. The van der Waals surface area contributed by atoms with Crippen LogP contribution in [0.15, 0.2) is 24.3 Å². The van der Waals surface area contributed by atoms with Crippen LogP contribution in [0.2, 0.25) is 0 Å². The number of rotatable bonds is 3. The summed E-state index contributed by atoms with van der Waals surface area (Å²) in [6, 6.07) is 5.92. The van der Waals surface area contributed by atoms with Gasteiger partial charge in [0.05, 0.1) is 0 Å². The molecule has 3 N–H and O–H groups in total. The molecule has 0 saturated heterocycles. The Bertz CT molecular complexity index is 443. The van der Waals surface area contributed by atoms with Crippen molar-refractivity contribution >= 4 is 52.5 Å². The molecule has 1 rings (SSSR count). The molecule has 0 spiro atoms. The third-order valence-electron chi connectivity index (χ3n) is 1.78. The van der Waals surface area contributed by atoms with Gasteiger partial charge in [-0.15, -0.1) is 0 Å². The number of amides is 2. The lowest BCUT2D eigenvalue weighted by Crippen LogP contribution is -2.21. The van der Waals surface area contributed by atoms with Crippen LogP contribution in [0.1, 0.15) is 10.4 Å². The maximum Gasteiger partial charge on any atom is 0.411 e. The zero-order chi connectivity index (χ0) is 13.8. The van der Waals surface area contributed by atoms with Gasteiger partial charge in [-0.25, -0.2) is 4.79 Å². The molecule has 18 heavy (non-hydrogen) atoms. The van der Waals surface area contributed by atoms with Crippen molar-refractivity contribution in [1.82, 2.24) is 0 Å². The Morgan fingerprint density at radius 3 is 2.22 bits per heavy atom. The molecule has 0 radical (unpaired) electrons. The molecule has 0 heterocycles. The number of nitrogens with one attached hydrogen (secondary N) is 1. The highest BCUT2D eigenvalue weighted by Gasteiger charge is 2.22. The van der Waals surface area contributed by atoms with Crippen molar-refractivity contribution in [1.29, 1.82) is 0 Å². The zero-order valence-corrected chi connectivity index (χ0v) is 11.2. The topological polar surface area (TPSA) is 81.4 Å². The Balaban J connectivity index is 2.52. The molecule has 1 aromatic carbocycles. The molecule has 0 aliphatic carbocycles. The molecule has 5 nitrogen and oxygen atoms in total. The molecule has 0 fully saturated rings. The minimum atomic E-state index is -1.66. The van der Waals surface area contributed by atoms with E-state index in [1.54, 1.807) is 0 Å². The summed E-state index contributed by atoms with van der Waals surface area (Å²) >= 11 is 16.2. The second-order valence-corrected chi connectivity index (χ2v) is 5.77. The summed E-state index contributed by atoms with van der Waals surface area (Å²) in [4.78, 5) is 22.1. The third-order valence-corrected chi connectivity index (χ3v) is 2.11. The molecule has 2 amide bonds. The molecular weight excluding hydrogens is 302 g/mol. The van der Waals surface area contributed by atoms with Crippen LogP contribution in [0.3, 0.4) is 0 Å². The van der Waals surface area contributed by atoms with Crippen molar-refractivity contribution in [2.75, 3.05) is 11.9 Å². The number of hydrogen-bond acceptors (Lipinski definition) is 3. The summed E-state index contributed by atoms with van der Waals surface area (Å²) in [6.07, 6.45) is -0.770. The van der Waals surface area contributed by atoms with E-state index in [1.165, 1.54) is 24.3 Å². The largest absolute Gasteiger partial charge is 0.445 e. The first-order valence-corrected chi connectivity index (χ1v) is 5.82. The van der Waals surface area contributed by atoms with Crippen LogP contribution in [0, 0.1) is 0 Å². The van der Waals surface area contributed by atoms with E-state index in [0.717, 1.165) is 0 Å². The number of primary amides is 1. The zero-order valence-electron chi connectivity index (χ0n) is 8.95. The van der Waals surface area contributed by atoms with Gasteiger partial charge in [-0.3, -0.25) is 10.1 Å². The monoisotopic (exact) mass is 310 g/mol. The summed E-state index contributed by atoms with van der Waals surface area (Å²) in [5.74, 6) is -0.555. The minimum Gasteiger partial charge on any atom is -0.445 e. The lowest BCUT2D eigenvalue weighted by atomic mass is 10.2. The van der Waals surface area contributed by atoms with Gasteiger partial charge in [0.2, 0.25) is 9.70 Å². The maximum absolute atomic E-state index is 11.3. The third kappa shape index (κ3) is 5.44. The lowest BCUT2D eigenvalue weighted by molar-refractivity contribution is 0.100. The molecule has 8 heteroatoms. The maximum atomic E-state index is 11.3. The fourth-order valence-electron chi connectivity index (χ4n) is 1.02. The molecule has 98 valence electrons. The van der Waals surface area contributed by atoms with E-state index >= 15 is 0 Å². The first-order chi connectivity index (χ1) is 8.28. The van der Waals surface area contributed by atoms with E-state index in [-0.39, 0.29) is 6.61 Å². The van der Waals surface area contributed by atoms with Crippen LogP contribution in [0.5, 0.6) is 0 Å². The first kappa shape index (κ1) is 14.9. The lowest BCUT2D eigenvalue weighted by Gasteiger charge is -2.12. The van der Waals surface area contributed by atoms with Crippen molar-refractivity contribution in [3.8, 4) is 0 Å². The number of nitrogens with two attached hydrogens (primary N) is 1. The van der Waals surface area contributed by atoms with E-state index in [2.05, 4.69) is 10.1 Å². The smallest absolute Gasteiger partial charge is 0.411 e. The SMILES string of the molecule is NC(=O)c1ccc(NC(=O)OCC(Cl)(Cl)Cl)cc1. The highest BCUT2D eigenvalue weighted by atomic mass is 35.6. The molecule has 1 aromatic rings. The van der Waals surface area contributed by atoms with E-state index in [0.29, 0.717) is 11.3 Å². The van der Waals surface area contributed by atoms with Gasteiger partial charge in [0, 0.05) is 11.3 Å². The van der Waals surface area contributed by atoms with Gasteiger partial charge in [-0.2, -0.15) is 0 Å². The average molecular weight is 312 g/mol. The quantitative estimate of drug-likeness (QED) is 0.842. The van der Waals surface area contributed by atoms with Gasteiger partial charge in [0.25, 0.3) is 0 Å². The van der Waals surface area contributed by atoms with Gasteiger partial charge in [-0.1, -0.05) is 34.8 Å². The number of ether oxygens (including phenoxy) is 1. The van der Waals surface area contributed by atoms with Crippen LogP contribution in [0.25, 0.3) is 0 Å². The van der Waals surface area contributed by atoms with E-state index in [1.807, 2.05) is 0 Å². The first-order valence-electron chi connectivity index (χ1n) is 4.68. The van der Waals surface area contributed by atoms with Gasteiger partial charge >= 0.3 is 6.09 Å². The number of anilines is 1. The molecule has 0 unspecified atom stereocenters. The standard InChI is InChI=1S/C10H9Cl3N2O3/c11-10(12,13)5-18-9(17)15-7-3-1-6(2-4-7)8(14)16/h1-4H,5H2,(H2,14,16)(H,15,17). The summed E-state index contributed by atoms with van der Waals surface area (Å²) < 4.78 is 2.99. The number of alkyl halides is 3. The highest BCUT2D eigenvalue weighted by Crippen LogP contribution is 2.26. The Morgan fingerprint density at radius 1 is 1.22 bits per heavy atom. The number of halogens is 3. The number of hydrogen-bond donors (Lipinski definition) is 2. The van der Waals surface area contributed by atoms with Crippen LogP contribution in [-0.2, 0) is 4.74 Å². The predicted molar refractivity (Wildman–Crippen MR) is 70.2 cm³/mol. The molecule has 0 aromatic heterocycles. The number of carbonyl (C=O) groups is 2. The minimum absolute atomic E-state index is 0.329. The van der Waals surface area contributed by atoms with Crippen molar-refractivity contribution in [3.05, 3.63) is 29.8 Å². The van der Waals surface area contributed by atoms with E-state index in [4.69, 9.17) is 40.5 Å². The van der Waals surface area contributed by atoms with Crippen molar-refractivity contribution in [3.63, 3.8) is 0 Å². The Kier molecular flexibility index (Phi) is 5.07. The number of benzene rings is 1. The van der Waals surface area contributed by atoms with Crippen molar-refractivity contribution < 1.29 is 14.3 Å². The highest BCUT2D eigenvalue weighted by molar-refractivity contribution is 6.67. The second-order valence-electron chi connectivity index (χ2n) is 3.26. The van der Waals surface area contributed by atoms with Crippen molar-refractivity contribution in [2.45, 2.75) is 3.79 Å². The van der Waals surface area contributed by atoms with Gasteiger partial charge in [0.15, 0.2) is 0 Å². The normalized spacial score (nSPS) is 10.8. The Morgan fingerprint density at radius 2 is 1.78 bits per heavy atom. The van der Waals surface area contributed by atoms with E-state index < -0.39 is 15.8 Å². The molecular formula is C10H9Cl3N2O3. The molecule has 0 aliphatic rings. The Hall–Kier alpha value is -1.17. The van der Waals surface area contributed by atoms with Gasteiger partial charge < -0.3 is 10.5 Å². The number of carbonyl (C=O) groups excluding carboxylic acids is 2. The van der Waals surface area contributed by atoms with Crippen LogP contribution < -0.4 is 11.1 Å². The molecule has 0 saturated carbocycles. The molecule has 0 aliphatic heterocycles. The summed E-state index contributed by atoms with van der Waals surface area (Å²) in [7, 11) is 0. The summed E-state index contributed by atoms with van der Waals surface area (Å²) in [6.45, 7) is -0.372.